The van der Waals surface area contributed by atoms with Gasteiger partial charge in [-0.3, -0.25) is 0 Å². The average Bonchev–Trinajstić information content (AvgIpc) is 2.90. The van der Waals surface area contributed by atoms with Gasteiger partial charge in [0.15, 0.2) is 5.69 Å². The molecule has 0 radical (unpaired) electrons. The van der Waals surface area contributed by atoms with Crippen molar-refractivity contribution in [2.24, 2.45) is 5.92 Å². The molecule has 3 rings (SSSR count). The highest BCUT2D eigenvalue weighted by Crippen LogP contribution is 2.31. The van der Waals surface area contributed by atoms with Crippen molar-refractivity contribution in [1.29, 1.82) is 0 Å². The number of nitrogens with zero attached hydrogens (tertiary/aromatic N) is 5. The Labute approximate surface area is 132 Å². The number of halogens is 3. The molecule has 5 nitrogen and oxygen atoms in total. The van der Waals surface area contributed by atoms with Crippen LogP contribution in [-0.4, -0.2) is 33.1 Å². The third-order valence-corrected chi connectivity index (χ3v) is 4.09. The van der Waals surface area contributed by atoms with Crippen molar-refractivity contribution in [3.05, 3.63) is 35.8 Å². The van der Waals surface area contributed by atoms with Gasteiger partial charge in [0.25, 0.3) is 0 Å². The summed E-state index contributed by atoms with van der Waals surface area (Å²) in [6.07, 6.45) is -0.350. The van der Waals surface area contributed by atoms with Gasteiger partial charge in [0.05, 0.1) is 0 Å². The van der Waals surface area contributed by atoms with Crippen LogP contribution in [0.5, 0.6) is 0 Å². The highest BCUT2D eigenvalue weighted by atomic mass is 19.4. The third kappa shape index (κ3) is 3.46. The number of hydrogen-bond donors (Lipinski definition) is 0. The zero-order chi connectivity index (χ0) is 16.6. The largest absolute Gasteiger partial charge is 0.434 e. The lowest BCUT2D eigenvalue weighted by Crippen LogP contribution is -2.32. The fraction of sp³-hybridized carbons (Fsp3) is 0.533. The van der Waals surface area contributed by atoms with Crippen molar-refractivity contribution in [3.63, 3.8) is 0 Å². The van der Waals surface area contributed by atoms with E-state index in [1.807, 2.05) is 24.9 Å². The van der Waals surface area contributed by atoms with Gasteiger partial charge in [0, 0.05) is 44.5 Å². The Morgan fingerprint density at radius 2 is 2.13 bits per heavy atom. The van der Waals surface area contributed by atoms with Crippen molar-refractivity contribution in [2.45, 2.75) is 32.5 Å². The Hall–Kier alpha value is -2.12. The van der Waals surface area contributed by atoms with Crippen LogP contribution >= 0.6 is 0 Å². The van der Waals surface area contributed by atoms with E-state index in [1.54, 1.807) is 4.57 Å². The molecule has 2 aromatic rings. The van der Waals surface area contributed by atoms with Gasteiger partial charge >= 0.3 is 6.18 Å². The molecule has 0 amide bonds. The lowest BCUT2D eigenvalue weighted by atomic mass is 9.99. The van der Waals surface area contributed by atoms with Crippen LogP contribution in [0.25, 0.3) is 0 Å². The van der Waals surface area contributed by atoms with Crippen molar-refractivity contribution < 1.29 is 13.2 Å². The molecule has 23 heavy (non-hydrogen) atoms. The molecule has 0 spiro atoms. The zero-order valence-corrected chi connectivity index (χ0v) is 13.0. The van der Waals surface area contributed by atoms with Crippen LogP contribution in [-0.2, 0) is 19.1 Å². The Bertz CT molecular complexity index is 695. The normalized spacial score (nSPS) is 17.9. The molecule has 0 aromatic carbocycles. The first kappa shape index (κ1) is 15.8. The van der Waals surface area contributed by atoms with Crippen molar-refractivity contribution in [1.82, 2.24) is 19.5 Å². The molecule has 2 aromatic heterocycles. The maximum Gasteiger partial charge on any atom is 0.434 e. The molecule has 124 valence electrons. The summed E-state index contributed by atoms with van der Waals surface area (Å²) in [7, 11) is 1.94. The minimum absolute atomic E-state index is 0.262. The summed E-state index contributed by atoms with van der Waals surface area (Å²) in [6, 6.07) is 1.90. The predicted molar refractivity (Wildman–Crippen MR) is 79.1 cm³/mol. The van der Waals surface area contributed by atoms with E-state index in [9.17, 15) is 13.2 Å². The van der Waals surface area contributed by atoms with E-state index < -0.39 is 11.9 Å². The molecule has 1 aliphatic rings. The second-order valence-corrected chi connectivity index (χ2v) is 6.00. The lowest BCUT2D eigenvalue weighted by Gasteiger charge is -2.28. The summed E-state index contributed by atoms with van der Waals surface area (Å²) in [5, 5.41) is 0. The SMILES string of the molecule is Cc1cc(N(C)C[C@@H]2CCc3nc(C(F)(F)F)cn3C2)ncn1. The molecule has 0 saturated heterocycles. The maximum absolute atomic E-state index is 12.7. The number of aryl methyl sites for hydroxylation is 2. The molecular weight excluding hydrogens is 307 g/mol. The van der Waals surface area contributed by atoms with Gasteiger partial charge in [-0.25, -0.2) is 15.0 Å². The maximum atomic E-state index is 12.7. The Kier molecular flexibility index (Phi) is 3.99. The molecule has 0 aliphatic carbocycles. The van der Waals surface area contributed by atoms with E-state index in [4.69, 9.17) is 0 Å². The van der Waals surface area contributed by atoms with Crippen LogP contribution in [0.3, 0.4) is 0 Å². The van der Waals surface area contributed by atoms with Crippen LogP contribution in [0.2, 0.25) is 0 Å². The molecular formula is C15H18F3N5. The second-order valence-electron chi connectivity index (χ2n) is 6.00. The van der Waals surface area contributed by atoms with Gasteiger partial charge in [-0.1, -0.05) is 0 Å². The average molecular weight is 325 g/mol. The molecule has 0 bridgehead atoms. The summed E-state index contributed by atoms with van der Waals surface area (Å²) in [5.41, 5.74) is 0.0881. The fourth-order valence-corrected chi connectivity index (χ4v) is 2.93. The molecule has 1 atom stereocenters. The molecule has 0 N–H and O–H groups in total. The third-order valence-electron chi connectivity index (χ3n) is 4.09. The molecule has 3 heterocycles. The van der Waals surface area contributed by atoms with Crippen LogP contribution in [0, 0.1) is 12.8 Å². The second kappa shape index (κ2) is 5.82. The van der Waals surface area contributed by atoms with Crippen LogP contribution in [0.15, 0.2) is 18.6 Å². The van der Waals surface area contributed by atoms with E-state index in [2.05, 4.69) is 15.0 Å². The number of alkyl halides is 3. The van der Waals surface area contributed by atoms with Gasteiger partial charge in [-0.2, -0.15) is 13.2 Å². The summed E-state index contributed by atoms with van der Waals surface area (Å²) < 4.78 is 39.9. The van der Waals surface area contributed by atoms with Crippen LogP contribution in [0.1, 0.15) is 23.6 Å². The smallest absolute Gasteiger partial charge is 0.359 e. The first-order chi connectivity index (χ1) is 10.8. The minimum atomic E-state index is -4.38. The first-order valence-electron chi connectivity index (χ1n) is 7.46. The minimum Gasteiger partial charge on any atom is -0.359 e. The molecule has 8 heteroatoms. The monoisotopic (exact) mass is 325 g/mol. The Balaban J connectivity index is 1.69. The number of hydrogen-bond acceptors (Lipinski definition) is 4. The topological polar surface area (TPSA) is 46.8 Å². The number of aromatic nitrogens is 4. The van der Waals surface area contributed by atoms with Crippen molar-refractivity contribution >= 4 is 5.82 Å². The Morgan fingerprint density at radius 1 is 1.35 bits per heavy atom. The van der Waals surface area contributed by atoms with E-state index in [0.717, 1.165) is 30.7 Å². The number of anilines is 1. The van der Waals surface area contributed by atoms with Gasteiger partial charge in [0.1, 0.15) is 18.0 Å². The van der Waals surface area contributed by atoms with Gasteiger partial charge in [-0.15, -0.1) is 0 Å². The lowest BCUT2D eigenvalue weighted by molar-refractivity contribution is -0.141. The van der Waals surface area contributed by atoms with Crippen molar-refractivity contribution in [3.8, 4) is 0 Å². The summed E-state index contributed by atoms with van der Waals surface area (Å²) >= 11 is 0. The number of fused-ring (bicyclic) bond motifs is 1. The summed E-state index contributed by atoms with van der Waals surface area (Å²) in [4.78, 5) is 14.0. The standard InChI is InChI=1S/C15H18F3N5/c1-10-5-14(20-9-19-10)22(2)6-11-3-4-13-21-12(15(16,17)18)8-23(13)7-11/h5,8-9,11H,3-4,6-7H2,1-2H3/t11-/m0/s1. The Morgan fingerprint density at radius 3 is 2.83 bits per heavy atom. The highest BCUT2D eigenvalue weighted by Gasteiger charge is 2.35. The summed E-state index contributed by atoms with van der Waals surface area (Å²) in [5.74, 6) is 1.61. The summed E-state index contributed by atoms with van der Waals surface area (Å²) in [6.45, 7) is 3.18. The van der Waals surface area contributed by atoms with Gasteiger partial charge < -0.3 is 9.47 Å². The predicted octanol–water partition coefficient (Wildman–Crippen LogP) is 2.70. The van der Waals surface area contributed by atoms with E-state index in [0.29, 0.717) is 18.8 Å². The molecule has 1 aliphatic heterocycles. The van der Waals surface area contributed by atoms with E-state index >= 15 is 0 Å². The molecule has 0 fully saturated rings. The quantitative estimate of drug-likeness (QED) is 0.870. The van der Waals surface area contributed by atoms with Gasteiger partial charge in [-0.05, 0) is 19.3 Å². The van der Waals surface area contributed by atoms with Crippen LogP contribution in [0.4, 0.5) is 19.0 Å². The fourth-order valence-electron chi connectivity index (χ4n) is 2.93. The van der Waals surface area contributed by atoms with Gasteiger partial charge in [0.2, 0.25) is 0 Å². The molecule has 0 unspecified atom stereocenters. The van der Waals surface area contributed by atoms with Crippen molar-refractivity contribution in [2.75, 3.05) is 18.5 Å². The number of rotatable bonds is 3. The van der Waals surface area contributed by atoms with Crippen LogP contribution < -0.4 is 4.90 Å². The number of imidazole rings is 1. The zero-order valence-electron chi connectivity index (χ0n) is 13.0. The molecule has 0 saturated carbocycles. The first-order valence-corrected chi connectivity index (χ1v) is 7.46. The van der Waals surface area contributed by atoms with E-state index in [-0.39, 0.29) is 5.92 Å². The van der Waals surface area contributed by atoms with E-state index in [1.165, 1.54) is 6.33 Å². The highest BCUT2D eigenvalue weighted by molar-refractivity contribution is 5.37.